The zero-order chi connectivity index (χ0) is 13.5. The van der Waals surface area contributed by atoms with Gasteiger partial charge in [0.25, 0.3) is 0 Å². The van der Waals surface area contributed by atoms with Gasteiger partial charge in [-0.3, -0.25) is 0 Å². The first kappa shape index (κ1) is 13.6. The molecule has 0 aliphatic carbocycles. The molecule has 2 aromatic carbocycles. The summed E-state index contributed by atoms with van der Waals surface area (Å²) in [6.07, 6.45) is 1.80. The third-order valence-electron chi connectivity index (χ3n) is 3.07. The molecule has 0 radical (unpaired) electrons. The van der Waals surface area contributed by atoms with Crippen LogP contribution < -0.4 is 10.5 Å². The van der Waals surface area contributed by atoms with Gasteiger partial charge >= 0.3 is 0 Å². The number of rotatable bonds is 6. The normalized spacial score (nSPS) is 12.1. The Bertz CT molecular complexity index is 478. The predicted molar refractivity (Wildman–Crippen MR) is 79.4 cm³/mol. The van der Waals surface area contributed by atoms with E-state index in [0.717, 1.165) is 18.6 Å². The summed E-state index contributed by atoms with van der Waals surface area (Å²) in [5.41, 5.74) is 8.75. The maximum Gasteiger partial charge on any atom is 0.119 e. The minimum atomic E-state index is 0.153. The molecule has 2 heteroatoms. The molecule has 2 aromatic rings. The molecule has 0 heterocycles. The van der Waals surface area contributed by atoms with E-state index >= 15 is 0 Å². The van der Waals surface area contributed by atoms with Crippen molar-refractivity contribution < 1.29 is 4.74 Å². The van der Waals surface area contributed by atoms with Crippen molar-refractivity contribution in [2.75, 3.05) is 6.61 Å². The monoisotopic (exact) mass is 255 g/mol. The average Bonchev–Trinajstić information content (AvgIpc) is 2.42. The summed E-state index contributed by atoms with van der Waals surface area (Å²) in [7, 11) is 0. The minimum Gasteiger partial charge on any atom is -0.494 e. The van der Waals surface area contributed by atoms with Gasteiger partial charge in [0.15, 0.2) is 0 Å². The van der Waals surface area contributed by atoms with E-state index < -0.39 is 0 Å². The Morgan fingerprint density at radius 3 is 2.05 bits per heavy atom. The molecule has 0 aromatic heterocycles. The Labute approximate surface area is 115 Å². The van der Waals surface area contributed by atoms with E-state index in [1.165, 1.54) is 11.1 Å². The molecule has 0 saturated heterocycles. The number of nitrogens with two attached hydrogens (primary N) is 1. The van der Waals surface area contributed by atoms with E-state index in [1.54, 1.807) is 0 Å². The van der Waals surface area contributed by atoms with Gasteiger partial charge in [0, 0.05) is 6.04 Å². The van der Waals surface area contributed by atoms with Gasteiger partial charge in [0.1, 0.15) is 5.75 Å². The first-order valence-electron chi connectivity index (χ1n) is 6.79. The number of ether oxygens (including phenoxy) is 1. The Balaban J connectivity index is 1.89. The van der Waals surface area contributed by atoms with Crippen LogP contribution in [0.2, 0.25) is 0 Å². The van der Waals surface area contributed by atoms with Crippen molar-refractivity contribution in [1.82, 2.24) is 0 Å². The quantitative estimate of drug-likeness (QED) is 0.860. The number of hydrogen-bond acceptors (Lipinski definition) is 2. The summed E-state index contributed by atoms with van der Waals surface area (Å²) in [5, 5.41) is 0. The average molecular weight is 255 g/mol. The zero-order valence-corrected chi connectivity index (χ0v) is 11.4. The maximum atomic E-state index is 6.20. The van der Waals surface area contributed by atoms with E-state index in [1.807, 2.05) is 25.1 Å². The van der Waals surface area contributed by atoms with Crippen LogP contribution in [0.1, 0.15) is 18.1 Å². The van der Waals surface area contributed by atoms with Crippen LogP contribution in [-0.2, 0) is 12.8 Å². The van der Waals surface area contributed by atoms with Gasteiger partial charge in [-0.15, -0.1) is 0 Å². The van der Waals surface area contributed by atoms with Crippen molar-refractivity contribution in [2.24, 2.45) is 5.73 Å². The largest absolute Gasteiger partial charge is 0.494 e. The molecule has 0 aliphatic heterocycles. The molecule has 0 fully saturated rings. The van der Waals surface area contributed by atoms with Gasteiger partial charge in [-0.1, -0.05) is 42.5 Å². The van der Waals surface area contributed by atoms with Gasteiger partial charge in [0.2, 0.25) is 0 Å². The van der Waals surface area contributed by atoms with Crippen molar-refractivity contribution in [3.8, 4) is 5.75 Å². The lowest BCUT2D eigenvalue weighted by Gasteiger charge is -2.12. The SMILES string of the molecule is CCOc1ccc(CC(N)Cc2ccccc2)cc1. The fraction of sp³-hybridized carbons (Fsp3) is 0.294. The highest BCUT2D eigenvalue weighted by molar-refractivity contribution is 5.28. The van der Waals surface area contributed by atoms with Gasteiger partial charge in [0.05, 0.1) is 6.61 Å². The van der Waals surface area contributed by atoms with E-state index in [0.29, 0.717) is 6.61 Å². The molecule has 1 atom stereocenters. The zero-order valence-electron chi connectivity index (χ0n) is 11.4. The van der Waals surface area contributed by atoms with E-state index in [-0.39, 0.29) is 6.04 Å². The first-order valence-corrected chi connectivity index (χ1v) is 6.79. The van der Waals surface area contributed by atoms with Crippen molar-refractivity contribution in [3.05, 3.63) is 65.7 Å². The van der Waals surface area contributed by atoms with Crippen molar-refractivity contribution in [1.29, 1.82) is 0 Å². The lowest BCUT2D eigenvalue weighted by Crippen LogP contribution is -2.25. The van der Waals surface area contributed by atoms with Crippen LogP contribution in [0.4, 0.5) is 0 Å². The highest BCUT2D eigenvalue weighted by Gasteiger charge is 2.05. The molecule has 19 heavy (non-hydrogen) atoms. The first-order chi connectivity index (χ1) is 9.28. The fourth-order valence-corrected chi connectivity index (χ4v) is 2.18. The lowest BCUT2D eigenvalue weighted by atomic mass is 10.00. The third-order valence-corrected chi connectivity index (χ3v) is 3.07. The van der Waals surface area contributed by atoms with Gasteiger partial charge in [-0.05, 0) is 43.0 Å². The van der Waals surface area contributed by atoms with Crippen LogP contribution in [0.15, 0.2) is 54.6 Å². The summed E-state index contributed by atoms with van der Waals surface area (Å²) in [6, 6.07) is 18.7. The smallest absolute Gasteiger partial charge is 0.119 e. The molecule has 1 unspecified atom stereocenters. The second-order valence-corrected chi connectivity index (χ2v) is 4.73. The molecule has 100 valence electrons. The van der Waals surface area contributed by atoms with Crippen LogP contribution in [0.3, 0.4) is 0 Å². The second-order valence-electron chi connectivity index (χ2n) is 4.73. The fourth-order valence-electron chi connectivity index (χ4n) is 2.18. The summed E-state index contributed by atoms with van der Waals surface area (Å²) < 4.78 is 5.43. The van der Waals surface area contributed by atoms with Crippen molar-refractivity contribution >= 4 is 0 Å². The molecular weight excluding hydrogens is 234 g/mol. The molecule has 0 amide bonds. The molecule has 2 nitrogen and oxygen atoms in total. The summed E-state index contributed by atoms with van der Waals surface area (Å²) in [6.45, 7) is 2.69. The number of hydrogen-bond donors (Lipinski definition) is 1. The van der Waals surface area contributed by atoms with Crippen molar-refractivity contribution in [3.63, 3.8) is 0 Å². The molecule has 2 rings (SSSR count). The van der Waals surface area contributed by atoms with E-state index in [2.05, 4.69) is 36.4 Å². The van der Waals surface area contributed by atoms with Crippen LogP contribution in [0, 0.1) is 0 Å². The summed E-state index contributed by atoms with van der Waals surface area (Å²) in [5.74, 6) is 0.919. The molecule has 0 bridgehead atoms. The van der Waals surface area contributed by atoms with E-state index in [9.17, 15) is 0 Å². The molecule has 0 spiro atoms. The Morgan fingerprint density at radius 1 is 0.895 bits per heavy atom. The van der Waals surface area contributed by atoms with Gasteiger partial charge in [-0.25, -0.2) is 0 Å². The highest BCUT2D eigenvalue weighted by Crippen LogP contribution is 2.14. The third kappa shape index (κ3) is 4.42. The molecule has 2 N–H and O–H groups in total. The van der Waals surface area contributed by atoms with Crippen LogP contribution >= 0.6 is 0 Å². The maximum absolute atomic E-state index is 6.20. The summed E-state index contributed by atoms with van der Waals surface area (Å²) >= 11 is 0. The lowest BCUT2D eigenvalue weighted by molar-refractivity contribution is 0.340. The predicted octanol–water partition coefficient (Wildman–Crippen LogP) is 3.20. The van der Waals surface area contributed by atoms with Crippen LogP contribution in [-0.4, -0.2) is 12.6 Å². The standard InChI is InChI=1S/C17H21NO/c1-2-19-17-10-8-15(9-11-17)13-16(18)12-14-6-4-3-5-7-14/h3-11,16H,2,12-13,18H2,1H3. The number of benzene rings is 2. The van der Waals surface area contributed by atoms with Gasteiger partial charge in [-0.2, -0.15) is 0 Å². The second kappa shape index (κ2) is 6.95. The van der Waals surface area contributed by atoms with Crippen LogP contribution in [0.25, 0.3) is 0 Å². The Morgan fingerprint density at radius 2 is 1.47 bits per heavy atom. The van der Waals surface area contributed by atoms with Crippen molar-refractivity contribution in [2.45, 2.75) is 25.8 Å². The van der Waals surface area contributed by atoms with E-state index in [4.69, 9.17) is 10.5 Å². The molecule has 0 saturated carbocycles. The van der Waals surface area contributed by atoms with Crippen LogP contribution in [0.5, 0.6) is 5.75 Å². The molecular formula is C17H21NO. The van der Waals surface area contributed by atoms with Gasteiger partial charge < -0.3 is 10.5 Å². The minimum absolute atomic E-state index is 0.153. The summed E-state index contributed by atoms with van der Waals surface area (Å²) in [4.78, 5) is 0. The molecule has 0 aliphatic rings. The Kier molecular flexibility index (Phi) is 4.99. The topological polar surface area (TPSA) is 35.2 Å². The highest BCUT2D eigenvalue weighted by atomic mass is 16.5. The Hall–Kier alpha value is -1.80.